The zero-order valence-electron chi connectivity index (χ0n) is 21.6. The van der Waals surface area contributed by atoms with Crippen molar-refractivity contribution in [3.63, 3.8) is 0 Å². The molecule has 0 unspecified atom stereocenters. The van der Waals surface area contributed by atoms with Crippen molar-refractivity contribution in [2.45, 2.75) is 45.1 Å². The molecule has 6 nitrogen and oxygen atoms in total. The third-order valence-corrected chi connectivity index (χ3v) is 6.63. The maximum Gasteiger partial charge on any atom is 0.433 e. The Morgan fingerprint density at radius 1 is 1.00 bits per heavy atom. The van der Waals surface area contributed by atoms with E-state index in [0.717, 1.165) is 37.8 Å². The maximum absolute atomic E-state index is 13.7. The largest absolute Gasteiger partial charge is 0.433 e. The number of aromatic amines is 1. The van der Waals surface area contributed by atoms with Crippen LogP contribution in [0, 0.1) is 5.92 Å². The predicted octanol–water partition coefficient (Wildman–Crippen LogP) is 6.91. The number of anilines is 2. The summed E-state index contributed by atoms with van der Waals surface area (Å²) in [4.78, 5) is 17.8. The fourth-order valence-corrected chi connectivity index (χ4v) is 4.61. The third-order valence-electron chi connectivity index (χ3n) is 6.63. The van der Waals surface area contributed by atoms with E-state index in [4.69, 9.17) is 4.98 Å². The van der Waals surface area contributed by atoms with Crippen molar-refractivity contribution in [2.24, 2.45) is 5.92 Å². The van der Waals surface area contributed by atoms with Crippen LogP contribution in [0.2, 0.25) is 0 Å². The molecule has 1 saturated carbocycles. The Morgan fingerprint density at radius 2 is 1.80 bits per heavy atom. The van der Waals surface area contributed by atoms with Crippen molar-refractivity contribution in [1.82, 2.24) is 19.9 Å². The highest BCUT2D eigenvalue weighted by Gasteiger charge is 2.35. The lowest BCUT2D eigenvalue weighted by Crippen LogP contribution is -2.31. The molecule has 0 bridgehead atoms. The summed E-state index contributed by atoms with van der Waals surface area (Å²) >= 11 is 0. The molecule has 0 saturated heterocycles. The van der Waals surface area contributed by atoms with Crippen LogP contribution < -0.4 is 10.3 Å². The van der Waals surface area contributed by atoms with Crippen LogP contribution in [0.15, 0.2) is 54.9 Å². The molecule has 12 heteroatoms. The minimum absolute atomic E-state index is 0.212. The summed E-state index contributed by atoms with van der Waals surface area (Å²) < 4.78 is 80.0. The lowest BCUT2D eigenvalue weighted by atomic mass is 10.0. The zero-order valence-corrected chi connectivity index (χ0v) is 21.6. The molecule has 210 valence electrons. The van der Waals surface area contributed by atoms with Crippen molar-refractivity contribution >= 4 is 22.4 Å². The fraction of sp³-hybridized carbons (Fsp3) is 0.357. The fourth-order valence-electron chi connectivity index (χ4n) is 4.61. The average molecular weight is 562 g/mol. The highest BCUT2D eigenvalue weighted by Crippen LogP contribution is 2.37. The smallest absolute Gasteiger partial charge is 0.293 e. The minimum Gasteiger partial charge on any atom is -0.293 e. The normalized spacial score (nSPS) is 14.2. The van der Waals surface area contributed by atoms with E-state index in [1.54, 1.807) is 12.1 Å². The van der Waals surface area contributed by atoms with Crippen molar-refractivity contribution in [3.8, 4) is 11.3 Å². The number of benzene rings is 1. The lowest BCUT2D eigenvalue weighted by molar-refractivity contribution is -0.379. The van der Waals surface area contributed by atoms with Gasteiger partial charge < -0.3 is 0 Å². The molecule has 4 aromatic rings. The molecular weight excluding hydrogens is 534 g/mol. The van der Waals surface area contributed by atoms with Crippen molar-refractivity contribution in [2.75, 3.05) is 18.4 Å². The molecule has 40 heavy (non-hydrogen) atoms. The number of halogens is 6. The van der Waals surface area contributed by atoms with Crippen LogP contribution in [0.1, 0.15) is 43.3 Å². The van der Waals surface area contributed by atoms with Crippen LogP contribution >= 0.6 is 0 Å². The summed E-state index contributed by atoms with van der Waals surface area (Å²) in [5, 5.41) is 3.62. The molecule has 3 heterocycles. The van der Waals surface area contributed by atoms with Crippen molar-refractivity contribution in [3.05, 3.63) is 71.9 Å². The average Bonchev–Trinajstić information content (AvgIpc) is 3.72. The van der Waals surface area contributed by atoms with Crippen LogP contribution in [-0.4, -0.2) is 32.9 Å². The first-order valence-electron chi connectivity index (χ1n) is 12.9. The second-order valence-electron chi connectivity index (χ2n) is 9.92. The molecule has 3 aromatic heterocycles. The minimum atomic E-state index is -4.59. The molecule has 0 radical (unpaired) electrons. The van der Waals surface area contributed by atoms with Gasteiger partial charge in [-0.15, -0.1) is 4.98 Å². The quantitative estimate of drug-likeness (QED) is 0.225. The van der Waals surface area contributed by atoms with E-state index in [2.05, 4.69) is 32.1 Å². The van der Waals surface area contributed by atoms with Gasteiger partial charge in [0.05, 0.1) is 29.4 Å². The van der Waals surface area contributed by atoms with Crippen molar-refractivity contribution < 1.29 is 31.3 Å². The monoisotopic (exact) mass is 561 g/mol. The van der Waals surface area contributed by atoms with Gasteiger partial charge in [0.1, 0.15) is 11.4 Å². The number of rotatable bonds is 9. The molecule has 1 aromatic carbocycles. The predicted molar refractivity (Wildman–Crippen MR) is 137 cm³/mol. The standard InChI is InChI=1S/C28H26F6N6/c1-2-12-40(15-17-5-6-17)16-24-38-22-13-18(25-21(27(29,30)31)4-3-11-35-25)7-9-20(22)26(39-24)37-19-8-10-23(36-14-19)28(32,33)34/h3-4,7-11,13-14,17H,2,5-6,12,15-16H2,1H3,(H,37,38,39)/p+1. The van der Waals surface area contributed by atoms with E-state index in [1.165, 1.54) is 37.2 Å². The van der Waals surface area contributed by atoms with Gasteiger partial charge in [0.2, 0.25) is 5.82 Å². The second kappa shape index (κ2) is 11.0. The summed E-state index contributed by atoms with van der Waals surface area (Å²) in [5.41, 5.74) is -1.12. The van der Waals surface area contributed by atoms with E-state index in [9.17, 15) is 26.3 Å². The topological polar surface area (TPSA) is 68.1 Å². The maximum atomic E-state index is 13.7. The van der Waals surface area contributed by atoms with Gasteiger partial charge in [-0.2, -0.15) is 26.3 Å². The number of pyridine rings is 2. The van der Waals surface area contributed by atoms with Gasteiger partial charge >= 0.3 is 12.4 Å². The van der Waals surface area contributed by atoms with E-state index >= 15 is 0 Å². The first-order chi connectivity index (χ1) is 19.0. The number of alkyl halides is 6. The van der Waals surface area contributed by atoms with Crippen LogP contribution in [0.5, 0.6) is 0 Å². The Bertz CT molecular complexity index is 1480. The molecule has 0 spiro atoms. The SMILES string of the molecule is CCCN(Cc1nc2cc(-c3ncccc3C(F)(F)F)ccc2c(Nc2ccc(C(F)(F)F)nc2)[nH+]1)CC1CC1. The first kappa shape index (κ1) is 27.8. The zero-order chi connectivity index (χ0) is 28.5. The molecule has 1 aliphatic carbocycles. The van der Waals surface area contributed by atoms with Gasteiger partial charge in [-0.1, -0.05) is 13.0 Å². The van der Waals surface area contributed by atoms with Gasteiger partial charge in [-0.25, -0.2) is 9.97 Å². The Hall–Kier alpha value is -3.80. The second-order valence-corrected chi connectivity index (χ2v) is 9.92. The van der Waals surface area contributed by atoms with Gasteiger partial charge in [0.25, 0.3) is 5.82 Å². The molecule has 0 atom stereocenters. The molecule has 2 N–H and O–H groups in total. The van der Waals surface area contributed by atoms with Crippen LogP contribution in [0.4, 0.5) is 37.8 Å². The number of nitrogens with zero attached hydrogens (tertiary/aromatic N) is 4. The molecule has 0 amide bonds. The van der Waals surface area contributed by atoms with Gasteiger partial charge in [0.15, 0.2) is 5.52 Å². The Balaban J connectivity index is 1.56. The number of aromatic nitrogens is 4. The third kappa shape index (κ3) is 6.49. The number of H-pyrrole nitrogens is 1. The number of hydrogen-bond donors (Lipinski definition) is 1. The van der Waals surface area contributed by atoms with E-state index in [0.29, 0.717) is 40.7 Å². The van der Waals surface area contributed by atoms with E-state index in [-0.39, 0.29) is 11.3 Å². The van der Waals surface area contributed by atoms with Crippen molar-refractivity contribution in [1.29, 1.82) is 0 Å². The molecule has 5 rings (SSSR count). The van der Waals surface area contributed by atoms with Crippen LogP contribution in [0.3, 0.4) is 0 Å². The van der Waals surface area contributed by atoms with Gasteiger partial charge in [-0.05, 0) is 68.1 Å². The summed E-state index contributed by atoms with van der Waals surface area (Å²) in [7, 11) is 0. The number of hydrogen-bond acceptors (Lipinski definition) is 5. The molecule has 1 fully saturated rings. The van der Waals surface area contributed by atoms with E-state index in [1.807, 2.05) is 0 Å². The molecule has 1 aliphatic rings. The Kier molecular flexibility index (Phi) is 7.63. The van der Waals surface area contributed by atoms with Gasteiger partial charge in [0, 0.05) is 18.3 Å². The summed E-state index contributed by atoms with van der Waals surface area (Å²) in [6.45, 7) is 4.32. The summed E-state index contributed by atoms with van der Waals surface area (Å²) in [5.74, 6) is 1.64. The molecule has 0 aliphatic heterocycles. The van der Waals surface area contributed by atoms with Crippen LogP contribution in [0.25, 0.3) is 22.2 Å². The van der Waals surface area contributed by atoms with Crippen LogP contribution in [-0.2, 0) is 18.9 Å². The van der Waals surface area contributed by atoms with E-state index < -0.39 is 23.6 Å². The summed E-state index contributed by atoms with van der Waals surface area (Å²) in [6, 6.07) is 9.04. The first-order valence-corrected chi connectivity index (χ1v) is 12.9. The highest BCUT2D eigenvalue weighted by atomic mass is 19.4. The Morgan fingerprint density at radius 3 is 2.45 bits per heavy atom. The van der Waals surface area contributed by atoms with Gasteiger partial charge in [-0.3, -0.25) is 15.2 Å². The lowest BCUT2D eigenvalue weighted by Gasteiger charge is -2.19. The summed E-state index contributed by atoms with van der Waals surface area (Å²) in [6.07, 6.45) is -3.48. The Labute approximate surface area is 226 Å². The number of nitrogens with one attached hydrogen (secondary N) is 2. The molecular formula is C28H27F6N6+. The number of fused-ring (bicyclic) bond motifs is 1. The highest BCUT2D eigenvalue weighted by molar-refractivity contribution is 5.92.